The van der Waals surface area contributed by atoms with Crippen molar-refractivity contribution in [2.24, 2.45) is 5.92 Å². The lowest BCUT2D eigenvalue weighted by molar-refractivity contribution is -0.199. The molecule has 0 unspecified atom stereocenters. The van der Waals surface area contributed by atoms with Crippen LogP contribution in [-0.4, -0.2) is 59.4 Å². The smallest absolute Gasteiger partial charge is 0.248 e. The van der Waals surface area contributed by atoms with Crippen molar-refractivity contribution < 1.29 is 14.4 Å². The van der Waals surface area contributed by atoms with Crippen molar-refractivity contribution in [3.63, 3.8) is 0 Å². The first-order chi connectivity index (χ1) is 11.3. The van der Waals surface area contributed by atoms with Gasteiger partial charge in [0, 0.05) is 37.9 Å². The Morgan fingerprint density at radius 1 is 1.26 bits per heavy atom. The molecule has 0 bridgehead atoms. The third-order valence-corrected chi connectivity index (χ3v) is 4.83. The van der Waals surface area contributed by atoms with Crippen molar-refractivity contribution in [3.8, 4) is 0 Å². The minimum atomic E-state index is 0.0156. The number of carbonyl (C=O) groups is 1. The molecule has 4 rings (SSSR count). The predicted molar refractivity (Wildman–Crippen MR) is 82.5 cm³/mol. The quantitative estimate of drug-likeness (QED) is 0.829. The highest BCUT2D eigenvalue weighted by atomic mass is 16.7. The van der Waals surface area contributed by atoms with Gasteiger partial charge in [-0.3, -0.25) is 9.63 Å². The normalized spacial score (nSPS) is 30.5. The molecule has 3 saturated heterocycles. The molecule has 7 heteroatoms. The van der Waals surface area contributed by atoms with E-state index in [0.717, 1.165) is 38.3 Å². The van der Waals surface area contributed by atoms with Gasteiger partial charge in [0.25, 0.3) is 0 Å². The van der Waals surface area contributed by atoms with Gasteiger partial charge in [0.1, 0.15) is 0 Å². The van der Waals surface area contributed by atoms with E-state index in [-0.39, 0.29) is 18.1 Å². The molecule has 0 saturated carbocycles. The van der Waals surface area contributed by atoms with Gasteiger partial charge in [-0.05, 0) is 25.3 Å². The number of nitrogens with zero attached hydrogens (tertiary/aromatic N) is 4. The first-order valence-electron chi connectivity index (χ1n) is 8.40. The standard InChI is InChI=1S/C16H22N4O3/c21-15(20-6-1-2-7-22-20)9-13-8-12-10-19(11-14(12)23-13)16-17-4-3-5-18-16/h3-5,12-14H,1-2,6-11H2/t12-,13-,14+/m0/s1. The number of carbonyl (C=O) groups excluding carboxylic acids is 1. The van der Waals surface area contributed by atoms with Crippen molar-refractivity contribution >= 4 is 11.9 Å². The van der Waals surface area contributed by atoms with Gasteiger partial charge in [0.15, 0.2) is 0 Å². The van der Waals surface area contributed by atoms with Crippen molar-refractivity contribution in [1.29, 1.82) is 0 Å². The summed E-state index contributed by atoms with van der Waals surface area (Å²) in [5.41, 5.74) is 0. The molecule has 0 spiro atoms. The molecule has 1 aromatic heterocycles. The number of rotatable bonds is 3. The summed E-state index contributed by atoms with van der Waals surface area (Å²) in [6.07, 6.45) is 7.12. The first-order valence-corrected chi connectivity index (χ1v) is 8.40. The summed E-state index contributed by atoms with van der Waals surface area (Å²) >= 11 is 0. The zero-order valence-electron chi connectivity index (χ0n) is 13.1. The molecule has 1 amide bonds. The minimum absolute atomic E-state index is 0.0156. The fourth-order valence-electron chi connectivity index (χ4n) is 3.70. The fraction of sp³-hybridized carbons (Fsp3) is 0.688. The zero-order valence-corrected chi connectivity index (χ0v) is 13.1. The number of hydrogen-bond acceptors (Lipinski definition) is 6. The summed E-state index contributed by atoms with van der Waals surface area (Å²) in [7, 11) is 0. The van der Waals surface area contributed by atoms with Crippen LogP contribution in [0, 0.1) is 5.92 Å². The van der Waals surface area contributed by atoms with Crippen LogP contribution in [0.15, 0.2) is 18.5 Å². The highest BCUT2D eigenvalue weighted by Gasteiger charge is 2.43. The van der Waals surface area contributed by atoms with Crippen molar-refractivity contribution in [2.45, 2.75) is 37.9 Å². The van der Waals surface area contributed by atoms with Crippen molar-refractivity contribution in [3.05, 3.63) is 18.5 Å². The van der Waals surface area contributed by atoms with E-state index in [0.29, 0.717) is 25.5 Å². The van der Waals surface area contributed by atoms with Gasteiger partial charge in [-0.1, -0.05) is 0 Å². The van der Waals surface area contributed by atoms with Crippen molar-refractivity contribution in [2.75, 3.05) is 31.1 Å². The average Bonchev–Trinajstić information content (AvgIpc) is 3.15. The Kier molecular flexibility index (Phi) is 4.13. The summed E-state index contributed by atoms with van der Waals surface area (Å²) in [6.45, 7) is 3.06. The highest BCUT2D eigenvalue weighted by molar-refractivity contribution is 5.75. The SMILES string of the molecule is O=C(C[C@@H]1C[C@H]2CN(c3ncccn3)C[C@H]2O1)N1CCCCO1. The predicted octanol–water partition coefficient (Wildman–Crippen LogP) is 1.01. The third-order valence-electron chi connectivity index (χ3n) is 4.83. The first kappa shape index (κ1) is 14.8. The van der Waals surface area contributed by atoms with E-state index in [2.05, 4.69) is 14.9 Å². The average molecular weight is 318 g/mol. The molecular formula is C16H22N4O3. The maximum atomic E-state index is 12.3. The number of anilines is 1. The summed E-state index contributed by atoms with van der Waals surface area (Å²) < 4.78 is 6.10. The summed E-state index contributed by atoms with van der Waals surface area (Å²) in [5, 5.41) is 1.52. The summed E-state index contributed by atoms with van der Waals surface area (Å²) in [6, 6.07) is 1.82. The molecule has 23 heavy (non-hydrogen) atoms. The molecule has 3 fully saturated rings. The molecule has 3 atom stereocenters. The second-order valence-corrected chi connectivity index (χ2v) is 6.49. The molecule has 124 valence electrons. The molecular weight excluding hydrogens is 296 g/mol. The van der Waals surface area contributed by atoms with Gasteiger partial charge in [-0.25, -0.2) is 15.0 Å². The van der Waals surface area contributed by atoms with Crippen LogP contribution in [0.3, 0.4) is 0 Å². The second kappa shape index (κ2) is 6.41. The van der Waals surface area contributed by atoms with Gasteiger partial charge in [0.05, 0.1) is 25.2 Å². The Hall–Kier alpha value is -1.73. The molecule has 3 aliphatic heterocycles. The Balaban J connectivity index is 1.29. The van der Waals surface area contributed by atoms with E-state index >= 15 is 0 Å². The van der Waals surface area contributed by atoms with E-state index in [1.54, 1.807) is 12.4 Å². The number of hydroxylamine groups is 2. The van der Waals surface area contributed by atoms with Gasteiger partial charge in [-0.15, -0.1) is 0 Å². The molecule has 3 aliphatic rings. The largest absolute Gasteiger partial charge is 0.372 e. The van der Waals surface area contributed by atoms with E-state index in [1.807, 2.05) is 6.07 Å². The number of fused-ring (bicyclic) bond motifs is 1. The van der Waals surface area contributed by atoms with Gasteiger partial charge in [0.2, 0.25) is 11.9 Å². The van der Waals surface area contributed by atoms with Crippen LogP contribution in [-0.2, 0) is 14.4 Å². The van der Waals surface area contributed by atoms with E-state index in [1.165, 1.54) is 5.06 Å². The lowest BCUT2D eigenvalue weighted by Gasteiger charge is -2.27. The molecule has 1 aromatic rings. The van der Waals surface area contributed by atoms with Crippen LogP contribution in [0.1, 0.15) is 25.7 Å². The Morgan fingerprint density at radius 3 is 2.87 bits per heavy atom. The van der Waals surface area contributed by atoms with Crippen LogP contribution < -0.4 is 4.90 Å². The highest BCUT2D eigenvalue weighted by Crippen LogP contribution is 2.35. The van der Waals surface area contributed by atoms with Crippen LogP contribution in [0.2, 0.25) is 0 Å². The van der Waals surface area contributed by atoms with Gasteiger partial charge < -0.3 is 9.64 Å². The molecule has 0 radical (unpaired) electrons. The fourth-order valence-corrected chi connectivity index (χ4v) is 3.70. The van der Waals surface area contributed by atoms with Crippen LogP contribution in [0.5, 0.6) is 0 Å². The zero-order chi connectivity index (χ0) is 15.6. The maximum Gasteiger partial charge on any atom is 0.248 e. The lowest BCUT2D eigenvalue weighted by atomic mass is 10.0. The molecule has 4 heterocycles. The number of hydrogen-bond donors (Lipinski definition) is 0. The number of amides is 1. The van der Waals surface area contributed by atoms with Crippen LogP contribution >= 0.6 is 0 Å². The Labute approximate surface area is 135 Å². The Morgan fingerprint density at radius 2 is 2.13 bits per heavy atom. The number of aromatic nitrogens is 2. The molecule has 0 aliphatic carbocycles. The van der Waals surface area contributed by atoms with Crippen molar-refractivity contribution in [1.82, 2.24) is 15.0 Å². The molecule has 7 nitrogen and oxygen atoms in total. The van der Waals surface area contributed by atoms with Crippen LogP contribution in [0.4, 0.5) is 5.95 Å². The van der Waals surface area contributed by atoms with Crippen LogP contribution in [0.25, 0.3) is 0 Å². The second-order valence-electron chi connectivity index (χ2n) is 6.49. The van der Waals surface area contributed by atoms with Gasteiger partial charge >= 0.3 is 0 Å². The summed E-state index contributed by atoms with van der Waals surface area (Å²) in [4.78, 5) is 28.4. The topological polar surface area (TPSA) is 67.8 Å². The van der Waals surface area contributed by atoms with E-state index in [4.69, 9.17) is 9.57 Å². The van der Waals surface area contributed by atoms with E-state index in [9.17, 15) is 4.79 Å². The summed E-state index contributed by atoms with van der Waals surface area (Å²) in [5.74, 6) is 1.27. The lowest BCUT2D eigenvalue weighted by Crippen LogP contribution is -2.37. The van der Waals surface area contributed by atoms with E-state index < -0.39 is 0 Å². The third kappa shape index (κ3) is 3.16. The number of ether oxygens (including phenoxy) is 1. The molecule has 0 N–H and O–H groups in total. The van der Waals surface area contributed by atoms with Gasteiger partial charge in [-0.2, -0.15) is 0 Å². The maximum absolute atomic E-state index is 12.3. The Bertz CT molecular complexity index is 536. The monoisotopic (exact) mass is 318 g/mol. The molecule has 0 aromatic carbocycles. The minimum Gasteiger partial charge on any atom is -0.372 e.